The highest BCUT2D eigenvalue weighted by atomic mass is 32.1. The lowest BCUT2D eigenvalue weighted by Crippen LogP contribution is -2.36. The van der Waals surface area contributed by atoms with Crippen molar-refractivity contribution in [2.24, 2.45) is 0 Å². The number of aliphatic hydroxyl groups excluding tert-OH is 1. The van der Waals surface area contributed by atoms with Crippen LogP contribution < -0.4 is 4.74 Å². The molecule has 15 heavy (non-hydrogen) atoms. The Labute approximate surface area is 93.1 Å². The van der Waals surface area contributed by atoms with Crippen molar-refractivity contribution in [1.82, 2.24) is 4.90 Å². The van der Waals surface area contributed by atoms with Crippen molar-refractivity contribution in [3.05, 3.63) is 16.3 Å². The standard InChI is InChI=1S/C10H15NO3S/c1-7(5-12)11(2)10(13)9-4-8(14-3)6-15-9/h4,6-7,12H,5H2,1-3H3. The van der Waals surface area contributed by atoms with Crippen LogP contribution in [0.15, 0.2) is 11.4 Å². The van der Waals surface area contributed by atoms with E-state index in [9.17, 15) is 4.79 Å². The van der Waals surface area contributed by atoms with Crippen LogP contribution in [0.5, 0.6) is 5.75 Å². The van der Waals surface area contributed by atoms with Crippen LogP contribution in [0.3, 0.4) is 0 Å². The molecular weight excluding hydrogens is 214 g/mol. The first-order valence-corrected chi connectivity index (χ1v) is 5.48. The SMILES string of the molecule is COc1csc(C(=O)N(C)C(C)CO)c1. The van der Waals surface area contributed by atoms with Crippen LogP contribution in [-0.2, 0) is 0 Å². The summed E-state index contributed by atoms with van der Waals surface area (Å²) in [4.78, 5) is 14.0. The van der Waals surface area contributed by atoms with Gasteiger partial charge in [-0.05, 0) is 6.92 Å². The molecule has 0 aliphatic carbocycles. The molecule has 0 saturated carbocycles. The van der Waals surface area contributed by atoms with Gasteiger partial charge in [-0.15, -0.1) is 11.3 Å². The largest absolute Gasteiger partial charge is 0.496 e. The van der Waals surface area contributed by atoms with Gasteiger partial charge >= 0.3 is 0 Å². The summed E-state index contributed by atoms with van der Waals surface area (Å²) in [6, 6.07) is 1.53. The molecule has 1 rings (SSSR count). The minimum absolute atomic E-state index is 0.0370. The minimum Gasteiger partial charge on any atom is -0.496 e. The van der Waals surface area contributed by atoms with Crippen molar-refractivity contribution in [2.75, 3.05) is 20.8 Å². The third kappa shape index (κ3) is 2.70. The lowest BCUT2D eigenvalue weighted by molar-refractivity contribution is 0.0687. The van der Waals surface area contributed by atoms with Crippen LogP contribution in [0.1, 0.15) is 16.6 Å². The molecule has 0 aromatic carbocycles. The number of likely N-dealkylation sites (N-methyl/N-ethyl adjacent to an activating group) is 1. The van der Waals surface area contributed by atoms with E-state index in [0.29, 0.717) is 10.6 Å². The minimum atomic E-state index is -0.175. The molecule has 1 N–H and O–H groups in total. The zero-order chi connectivity index (χ0) is 11.4. The van der Waals surface area contributed by atoms with Crippen molar-refractivity contribution in [1.29, 1.82) is 0 Å². The maximum atomic E-state index is 11.8. The normalized spacial score (nSPS) is 12.3. The van der Waals surface area contributed by atoms with E-state index in [1.54, 1.807) is 32.5 Å². The number of carbonyl (C=O) groups is 1. The molecule has 5 heteroatoms. The fourth-order valence-corrected chi connectivity index (χ4v) is 1.87. The summed E-state index contributed by atoms with van der Waals surface area (Å²) in [6.07, 6.45) is 0. The fraction of sp³-hybridized carbons (Fsp3) is 0.500. The Hall–Kier alpha value is -1.07. The number of amides is 1. The zero-order valence-electron chi connectivity index (χ0n) is 9.06. The molecule has 1 amide bonds. The van der Waals surface area contributed by atoms with Crippen molar-refractivity contribution in [3.8, 4) is 5.75 Å². The molecule has 0 bridgehead atoms. The number of hydrogen-bond donors (Lipinski definition) is 1. The second kappa shape index (κ2) is 5.14. The van der Waals surface area contributed by atoms with Crippen LogP contribution in [-0.4, -0.2) is 42.7 Å². The monoisotopic (exact) mass is 229 g/mol. The van der Waals surface area contributed by atoms with Crippen molar-refractivity contribution in [2.45, 2.75) is 13.0 Å². The summed E-state index contributed by atoms with van der Waals surface area (Å²) in [5.41, 5.74) is 0. The van der Waals surface area contributed by atoms with Gasteiger partial charge in [0, 0.05) is 18.5 Å². The van der Waals surface area contributed by atoms with E-state index in [2.05, 4.69) is 0 Å². The maximum Gasteiger partial charge on any atom is 0.264 e. The van der Waals surface area contributed by atoms with Gasteiger partial charge in [-0.2, -0.15) is 0 Å². The maximum absolute atomic E-state index is 11.8. The van der Waals surface area contributed by atoms with Crippen molar-refractivity contribution in [3.63, 3.8) is 0 Å². The van der Waals surface area contributed by atoms with Gasteiger partial charge in [0.15, 0.2) is 0 Å². The number of ether oxygens (including phenoxy) is 1. The Morgan fingerprint density at radius 1 is 1.73 bits per heavy atom. The number of thiophene rings is 1. The van der Waals surface area contributed by atoms with E-state index >= 15 is 0 Å². The summed E-state index contributed by atoms with van der Waals surface area (Å²) in [5.74, 6) is 0.596. The van der Waals surface area contributed by atoms with Gasteiger partial charge in [-0.25, -0.2) is 0 Å². The molecular formula is C10H15NO3S. The van der Waals surface area contributed by atoms with E-state index in [4.69, 9.17) is 9.84 Å². The molecule has 0 spiro atoms. The smallest absolute Gasteiger partial charge is 0.264 e. The molecule has 1 aromatic rings. The molecule has 0 saturated heterocycles. The number of hydrogen-bond acceptors (Lipinski definition) is 4. The highest BCUT2D eigenvalue weighted by Crippen LogP contribution is 2.22. The highest BCUT2D eigenvalue weighted by Gasteiger charge is 2.18. The average Bonchev–Trinajstić information content (AvgIpc) is 2.74. The molecule has 4 nitrogen and oxygen atoms in total. The quantitative estimate of drug-likeness (QED) is 0.844. The number of nitrogens with zero attached hydrogens (tertiary/aromatic N) is 1. The Balaban J connectivity index is 2.75. The van der Waals surface area contributed by atoms with Crippen LogP contribution in [0, 0.1) is 0 Å². The van der Waals surface area contributed by atoms with Crippen LogP contribution in [0.2, 0.25) is 0 Å². The first kappa shape index (κ1) is 12.0. The third-order valence-corrected chi connectivity index (χ3v) is 3.16. The summed E-state index contributed by atoms with van der Waals surface area (Å²) >= 11 is 1.34. The molecule has 0 aliphatic heterocycles. The molecule has 0 radical (unpaired) electrons. The molecule has 1 atom stereocenters. The van der Waals surface area contributed by atoms with Crippen molar-refractivity contribution >= 4 is 17.2 Å². The number of carbonyl (C=O) groups excluding carboxylic acids is 1. The number of methoxy groups -OCH3 is 1. The van der Waals surface area contributed by atoms with Gasteiger partial charge < -0.3 is 14.7 Å². The van der Waals surface area contributed by atoms with Crippen LogP contribution in [0.4, 0.5) is 0 Å². The van der Waals surface area contributed by atoms with Crippen LogP contribution >= 0.6 is 11.3 Å². The molecule has 1 heterocycles. The van der Waals surface area contributed by atoms with Gasteiger partial charge in [-0.3, -0.25) is 4.79 Å². The second-order valence-corrected chi connectivity index (χ2v) is 4.21. The summed E-state index contributed by atoms with van der Waals surface area (Å²) in [7, 11) is 3.24. The predicted molar refractivity (Wildman–Crippen MR) is 59.5 cm³/mol. The first-order valence-electron chi connectivity index (χ1n) is 4.60. The molecule has 84 valence electrons. The van der Waals surface area contributed by atoms with E-state index in [1.807, 2.05) is 0 Å². The Bertz CT molecular complexity index is 337. The molecule has 0 fully saturated rings. The molecule has 0 aliphatic rings. The molecule has 1 aromatic heterocycles. The Morgan fingerprint density at radius 2 is 2.40 bits per heavy atom. The lowest BCUT2D eigenvalue weighted by Gasteiger charge is -2.22. The Morgan fingerprint density at radius 3 is 2.87 bits per heavy atom. The van der Waals surface area contributed by atoms with E-state index < -0.39 is 0 Å². The fourth-order valence-electron chi connectivity index (χ4n) is 1.03. The summed E-state index contributed by atoms with van der Waals surface area (Å²) < 4.78 is 5.00. The van der Waals surface area contributed by atoms with Gasteiger partial charge in [0.05, 0.1) is 24.6 Å². The van der Waals surface area contributed by atoms with Gasteiger partial charge in [0.25, 0.3) is 5.91 Å². The predicted octanol–water partition coefficient (Wildman–Crippen LogP) is 1.21. The van der Waals surface area contributed by atoms with Gasteiger partial charge in [0.1, 0.15) is 5.75 Å². The highest BCUT2D eigenvalue weighted by molar-refractivity contribution is 7.12. The van der Waals surface area contributed by atoms with E-state index in [0.717, 1.165) is 0 Å². The van der Waals surface area contributed by atoms with Gasteiger partial charge in [-0.1, -0.05) is 0 Å². The van der Waals surface area contributed by atoms with Crippen LogP contribution in [0.25, 0.3) is 0 Å². The second-order valence-electron chi connectivity index (χ2n) is 3.30. The summed E-state index contributed by atoms with van der Waals surface area (Å²) in [6.45, 7) is 1.76. The third-order valence-electron chi connectivity index (χ3n) is 2.27. The number of aliphatic hydroxyl groups is 1. The Kier molecular flexibility index (Phi) is 4.11. The van der Waals surface area contributed by atoms with Gasteiger partial charge in [0.2, 0.25) is 0 Å². The average molecular weight is 229 g/mol. The lowest BCUT2D eigenvalue weighted by atomic mass is 10.3. The van der Waals surface area contributed by atoms with E-state index in [1.165, 1.54) is 16.2 Å². The van der Waals surface area contributed by atoms with E-state index in [-0.39, 0.29) is 18.6 Å². The topological polar surface area (TPSA) is 49.8 Å². The number of rotatable bonds is 4. The van der Waals surface area contributed by atoms with Crippen molar-refractivity contribution < 1.29 is 14.6 Å². The summed E-state index contributed by atoms with van der Waals surface area (Å²) in [5, 5.41) is 10.7. The first-order chi connectivity index (χ1) is 7.10. The molecule has 1 unspecified atom stereocenters. The zero-order valence-corrected chi connectivity index (χ0v) is 9.87.